The minimum atomic E-state index is -0.464. The lowest BCUT2D eigenvalue weighted by Gasteiger charge is -2.31. The van der Waals surface area contributed by atoms with Crippen LogP contribution in [0.2, 0.25) is 0 Å². The number of nitrogens with zero attached hydrogens (tertiary/aromatic N) is 2. The Kier molecular flexibility index (Phi) is 6.36. The molecule has 0 radical (unpaired) electrons. The number of likely N-dealkylation sites (tertiary alicyclic amines) is 1. The highest BCUT2D eigenvalue weighted by Crippen LogP contribution is 2.32. The van der Waals surface area contributed by atoms with Crippen LogP contribution in [0.15, 0.2) is 36.4 Å². The molecule has 4 rings (SSSR count). The molecule has 1 amide bonds. The number of benzene rings is 2. The number of Topliss-reactive ketones (excluding diaryl/α,β-unsaturated/α-hetero) is 1. The van der Waals surface area contributed by atoms with Gasteiger partial charge in [0.2, 0.25) is 5.91 Å². The summed E-state index contributed by atoms with van der Waals surface area (Å²) in [6.07, 6.45) is 1.33. The van der Waals surface area contributed by atoms with Crippen LogP contribution in [-0.2, 0) is 4.79 Å². The van der Waals surface area contributed by atoms with E-state index in [0.29, 0.717) is 67.5 Å². The summed E-state index contributed by atoms with van der Waals surface area (Å²) in [5.74, 6) is 1.01. The van der Waals surface area contributed by atoms with E-state index in [1.54, 1.807) is 37.3 Å². The van der Waals surface area contributed by atoms with E-state index < -0.39 is 4.92 Å². The number of hydrogen-bond donors (Lipinski definition) is 1. The standard InChI is InChI=1S/C23H25N3O6/c1-15-18(3-2-4-19(15)26(29)30)24-22(27)14-25-9-7-16(8-10-25)23(28)17-5-6-20-21(13-17)32-12-11-31-20/h2-6,13,16H,7-12,14H2,1H3,(H,24,27). The molecule has 0 aromatic heterocycles. The number of piperidine rings is 1. The Morgan fingerprint density at radius 3 is 2.56 bits per heavy atom. The molecule has 32 heavy (non-hydrogen) atoms. The molecule has 0 aliphatic carbocycles. The molecular weight excluding hydrogens is 414 g/mol. The average molecular weight is 439 g/mol. The molecule has 2 aromatic rings. The number of nitro benzene ring substituents is 1. The lowest BCUT2D eigenvalue weighted by Crippen LogP contribution is -2.40. The molecule has 9 nitrogen and oxygen atoms in total. The second-order valence-electron chi connectivity index (χ2n) is 8.03. The number of ether oxygens (including phenoxy) is 2. The third kappa shape index (κ3) is 4.72. The molecule has 0 bridgehead atoms. The summed E-state index contributed by atoms with van der Waals surface area (Å²) in [7, 11) is 0. The van der Waals surface area contributed by atoms with E-state index in [1.807, 2.05) is 4.90 Å². The summed E-state index contributed by atoms with van der Waals surface area (Å²) >= 11 is 0. The number of fused-ring (bicyclic) bond motifs is 1. The van der Waals surface area contributed by atoms with E-state index in [0.717, 1.165) is 0 Å². The Hall–Kier alpha value is -3.46. The minimum Gasteiger partial charge on any atom is -0.486 e. The molecule has 0 spiro atoms. The van der Waals surface area contributed by atoms with E-state index >= 15 is 0 Å². The van der Waals surface area contributed by atoms with Gasteiger partial charge >= 0.3 is 0 Å². The lowest BCUT2D eigenvalue weighted by atomic mass is 9.88. The van der Waals surface area contributed by atoms with Crippen LogP contribution in [0.1, 0.15) is 28.8 Å². The van der Waals surface area contributed by atoms with Crippen molar-refractivity contribution in [1.82, 2.24) is 4.90 Å². The van der Waals surface area contributed by atoms with Crippen LogP contribution >= 0.6 is 0 Å². The van der Waals surface area contributed by atoms with Gasteiger partial charge in [0.1, 0.15) is 13.2 Å². The highest BCUT2D eigenvalue weighted by atomic mass is 16.6. The van der Waals surface area contributed by atoms with E-state index in [4.69, 9.17) is 9.47 Å². The summed E-state index contributed by atoms with van der Waals surface area (Å²) in [6, 6.07) is 9.91. The SMILES string of the molecule is Cc1c(NC(=O)CN2CCC(C(=O)c3ccc4c(c3)OCCO4)CC2)cccc1[N+](=O)[O-]. The first kappa shape index (κ1) is 21.8. The summed E-state index contributed by atoms with van der Waals surface area (Å²) in [5.41, 5.74) is 1.45. The van der Waals surface area contributed by atoms with Crippen molar-refractivity contribution in [2.24, 2.45) is 5.92 Å². The van der Waals surface area contributed by atoms with Crippen molar-refractivity contribution in [3.8, 4) is 11.5 Å². The van der Waals surface area contributed by atoms with Crippen LogP contribution in [0.4, 0.5) is 11.4 Å². The van der Waals surface area contributed by atoms with Gasteiger partial charge in [0.15, 0.2) is 17.3 Å². The molecule has 0 unspecified atom stereocenters. The fourth-order valence-corrected chi connectivity index (χ4v) is 4.14. The van der Waals surface area contributed by atoms with Crippen LogP contribution < -0.4 is 14.8 Å². The van der Waals surface area contributed by atoms with Crippen molar-refractivity contribution in [2.75, 3.05) is 38.2 Å². The van der Waals surface area contributed by atoms with Gasteiger partial charge in [-0.15, -0.1) is 0 Å². The number of nitro groups is 1. The van der Waals surface area contributed by atoms with Gasteiger partial charge in [-0.1, -0.05) is 6.07 Å². The molecule has 2 heterocycles. The predicted molar refractivity (Wildman–Crippen MR) is 117 cm³/mol. The Balaban J connectivity index is 1.30. The highest BCUT2D eigenvalue weighted by Gasteiger charge is 2.28. The van der Waals surface area contributed by atoms with Crippen LogP contribution in [0.3, 0.4) is 0 Å². The second kappa shape index (κ2) is 9.35. The van der Waals surface area contributed by atoms with Crippen molar-refractivity contribution in [2.45, 2.75) is 19.8 Å². The number of carbonyl (C=O) groups is 2. The monoisotopic (exact) mass is 439 g/mol. The molecule has 2 aliphatic heterocycles. The molecule has 168 valence electrons. The van der Waals surface area contributed by atoms with Crippen molar-refractivity contribution in [3.63, 3.8) is 0 Å². The zero-order valence-electron chi connectivity index (χ0n) is 17.8. The van der Waals surface area contributed by atoms with Gasteiger partial charge in [-0.05, 0) is 57.1 Å². The first-order chi connectivity index (χ1) is 15.4. The van der Waals surface area contributed by atoms with Crippen LogP contribution in [0.5, 0.6) is 11.5 Å². The number of anilines is 1. The summed E-state index contributed by atoms with van der Waals surface area (Å²) in [6.45, 7) is 4.02. The topological polar surface area (TPSA) is 111 Å². The summed E-state index contributed by atoms with van der Waals surface area (Å²) in [5, 5.41) is 13.8. The third-order valence-electron chi connectivity index (χ3n) is 5.93. The number of ketones is 1. The van der Waals surface area contributed by atoms with Gasteiger partial charge in [-0.3, -0.25) is 24.6 Å². The van der Waals surface area contributed by atoms with Crippen molar-refractivity contribution < 1.29 is 24.0 Å². The number of nitrogens with one attached hydrogen (secondary N) is 1. The Labute approximate surface area is 185 Å². The number of amides is 1. The highest BCUT2D eigenvalue weighted by molar-refractivity contribution is 5.98. The van der Waals surface area contributed by atoms with Gasteiger partial charge < -0.3 is 14.8 Å². The maximum atomic E-state index is 12.9. The zero-order valence-corrected chi connectivity index (χ0v) is 17.8. The van der Waals surface area contributed by atoms with Crippen molar-refractivity contribution >= 4 is 23.1 Å². The van der Waals surface area contributed by atoms with E-state index in [1.165, 1.54) is 6.07 Å². The fourth-order valence-electron chi connectivity index (χ4n) is 4.14. The first-order valence-electron chi connectivity index (χ1n) is 10.6. The fraction of sp³-hybridized carbons (Fsp3) is 0.391. The Morgan fingerprint density at radius 1 is 1.12 bits per heavy atom. The summed E-state index contributed by atoms with van der Waals surface area (Å²) in [4.78, 5) is 38.0. The smallest absolute Gasteiger partial charge is 0.274 e. The molecule has 0 atom stereocenters. The molecule has 1 N–H and O–H groups in total. The quantitative estimate of drug-likeness (QED) is 0.418. The average Bonchev–Trinajstić information content (AvgIpc) is 2.80. The van der Waals surface area contributed by atoms with Gasteiger partial charge in [0.25, 0.3) is 5.69 Å². The maximum absolute atomic E-state index is 12.9. The molecule has 0 saturated carbocycles. The molecule has 2 aliphatic rings. The lowest BCUT2D eigenvalue weighted by molar-refractivity contribution is -0.385. The van der Waals surface area contributed by atoms with Gasteiger partial charge in [-0.2, -0.15) is 0 Å². The van der Waals surface area contributed by atoms with Crippen LogP contribution in [0, 0.1) is 23.0 Å². The third-order valence-corrected chi connectivity index (χ3v) is 5.93. The van der Waals surface area contributed by atoms with E-state index in [2.05, 4.69) is 5.32 Å². The zero-order chi connectivity index (χ0) is 22.7. The number of carbonyl (C=O) groups excluding carboxylic acids is 2. The Morgan fingerprint density at radius 2 is 1.84 bits per heavy atom. The van der Waals surface area contributed by atoms with Gasteiger partial charge in [0.05, 0.1) is 22.7 Å². The largest absolute Gasteiger partial charge is 0.486 e. The van der Waals surface area contributed by atoms with Crippen molar-refractivity contribution in [1.29, 1.82) is 0 Å². The van der Waals surface area contributed by atoms with Crippen molar-refractivity contribution in [3.05, 3.63) is 57.6 Å². The molecule has 9 heteroatoms. The normalized spacial score (nSPS) is 16.4. The summed E-state index contributed by atoms with van der Waals surface area (Å²) < 4.78 is 11.1. The maximum Gasteiger partial charge on any atom is 0.274 e. The minimum absolute atomic E-state index is 0.0266. The molecular formula is C23H25N3O6. The van der Waals surface area contributed by atoms with E-state index in [-0.39, 0.29) is 29.8 Å². The Bertz CT molecular complexity index is 1050. The van der Waals surface area contributed by atoms with E-state index in [9.17, 15) is 19.7 Å². The second-order valence-corrected chi connectivity index (χ2v) is 8.03. The molecule has 1 saturated heterocycles. The van der Waals surface area contributed by atoms with Crippen LogP contribution in [0.25, 0.3) is 0 Å². The predicted octanol–water partition coefficient (Wildman–Crippen LogP) is 3.21. The molecule has 2 aromatic carbocycles. The molecule has 1 fully saturated rings. The number of hydrogen-bond acceptors (Lipinski definition) is 7. The van der Waals surface area contributed by atoms with Crippen LogP contribution in [-0.4, -0.2) is 54.4 Å². The van der Waals surface area contributed by atoms with Gasteiger partial charge in [-0.25, -0.2) is 0 Å². The first-order valence-corrected chi connectivity index (χ1v) is 10.6. The number of rotatable bonds is 6. The van der Waals surface area contributed by atoms with Gasteiger partial charge in [0, 0.05) is 17.5 Å².